The second kappa shape index (κ2) is 7.50. The fourth-order valence-electron chi connectivity index (χ4n) is 2.04. The Bertz CT molecular complexity index is 494. The van der Waals surface area contributed by atoms with Gasteiger partial charge in [-0.15, -0.1) is 0 Å². The van der Waals surface area contributed by atoms with Crippen molar-refractivity contribution in [2.75, 3.05) is 0 Å². The molecule has 0 saturated carbocycles. The van der Waals surface area contributed by atoms with Gasteiger partial charge in [-0.1, -0.05) is 38.8 Å². The minimum Gasteiger partial charge on any atom is -0.362 e. The molecule has 0 aliphatic rings. The van der Waals surface area contributed by atoms with Gasteiger partial charge in [0.1, 0.15) is 5.75 Å². The van der Waals surface area contributed by atoms with Crippen molar-refractivity contribution in [1.82, 2.24) is 0 Å². The SMILES string of the molecule is CCCCc1cccc(OS(=O)(=O)O)c1CCCC. The van der Waals surface area contributed by atoms with Gasteiger partial charge in [0.25, 0.3) is 0 Å². The van der Waals surface area contributed by atoms with E-state index in [0.717, 1.165) is 49.7 Å². The standard InChI is InChI=1S/C14H22O4S/c1-3-5-8-12-9-7-11-14(18-19(15,16)17)13(12)10-6-4-2/h7,9,11H,3-6,8,10H2,1-2H3,(H,15,16,17). The summed E-state index contributed by atoms with van der Waals surface area (Å²) in [5, 5.41) is 0. The van der Waals surface area contributed by atoms with Gasteiger partial charge in [0.15, 0.2) is 0 Å². The highest BCUT2D eigenvalue weighted by Crippen LogP contribution is 2.27. The summed E-state index contributed by atoms with van der Waals surface area (Å²) < 4.78 is 35.3. The summed E-state index contributed by atoms with van der Waals surface area (Å²) in [5.74, 6) is 0.254. The fourth-order valence-corrected chi connectivity index (χ4v) is 2.42. The molecule has 0 aliphatic carbocycles. The molecule has 0 heterocycles. The number of hydrogen-bond acceptors (Lipinski definition) is 3. The van der Waals surface area contributed by atoms with Gasteiger partial charge in [0, 0.05) is 0 Å². The van der Waals surface area contributed by atoms with Crippen molar-refractivity contribution in [2.24, 2.45) is 0 Å². The zero-order chi connectivity index (χ0) is 14.3. The first-order valence-corrected chi connectivity index (χ1v) is 8.12. The van der Waals surface area contributed by atoms with Crippen molar-refractivity contribution in [2.45, 2.75) is 52.4 Å². The van der Waals surface area contributed by atoms with E-state index in [4.69, 9.17) is 4.55 Å². The van der Waals surface area contributed by atoms with E-state index in [1.54, 1.807) is 12.1 Å². The zero-order valence-corrected chi connectivity index (χ0v) is 12.4. The molecule has 0 atom stereocenters. The van der Waals surface area contributed by atoms with Crippen LogP contribution in [0.1, 0.15) is 50.7 Å². The predicted octanol–water partition coefficient (Wildman–Crippen LogP) is 3.55. The van der Waals surface area contributed by atoms with Crippen LogP contribution in [0, 0.1) is 0 Å². The molecule has 1 aromatic carbocycles. The van der Waals surface area contributed by atoms with E-state index >= 15 is 0 Å². The van der Waals surface area contributed by atoms with Gasteiger partial charge < -0.3 is 4.18 Å². The Labute approximate surface area is 115 Å². The Morgan fingerprint density at radius 1 is 1.11 bits per heavy atom. The molecule has 0 bridgehead atoms. The summed E-state index contributed by atoms with van der Waals surface area (Å²) >= 11 is 0. The number of rotatable bonds is 8. The number of unbranched alkanes of at least 4 members (excludes halogenated alkanes) is 2. The van der Waals surface area contributed by atoms with E-state index in [0.29, 0.717) is 0 Å². The van der Waals surface area contributed by atoms with Crippen molar-refractivity contribution < 1.29 is 17.2 Å². The van der Waals surface area contributed by atoms with Crippen LogP contribution in [-0.4, -0.2) is 13.0 Å². The van der Waals surface area contributed by atoms with Crippen molar-refractivity contribution >= 4 is 10.4 Å². The molecule has 1 rings (SSSR count). The Hall–Kier alpha value is -1.07. The van der Waals surface area contributed by atoms with Gasteiger partial charge in [-0.05, 0) is 42.9 Å². The third-order valence-electron chi connectivity index (χ3n) is 3.01. The molecule has 4 nitrogen and oxygen atoms in total. The Morgan fingerprint density at radius 3 is 2.32 bits per heavy atom. The highest BCUT2D eigenvalue weighted by Gasteiger charge is 2.14. The van der Waals surface area contributed by atoms with Crippen molar-refractivity contribution in [3.05, 3.63) is 29.3 Å². The van der Waals surface area contributed by atoms with Crippen molar-refractivity contribution in [3.8, 4) is 5.75 Å². The topological polar surface area (TPSA) is 63.6 Å². The normalized spacial score (nSPS) is 11.5. The number of hydrogen-bond donors (Lipinski definition) is 1. The lowest BCUT2D eigenvalue weighted by molar-refractivity contribution is 0.384. The van der Waals surface area contributed by atoms with Crippen LogP contribution in [0.3, 0.4) is 0 Å². The van der Waals surface area contributed by atoms with Gasteiger partial charge in [0.2, 0.25) is 0 Å². The molecule has 0 radical (unpaired) electrons. The van der Waals surface area contributed by atoms with E-state index in [1.807, 2.05) is 6.07 Å². The van der Waals surface area contributed by atoms with Crippen LogP contribution in [0.2, 0.25) is 0 Å². The van der Waals surface area contributed by atoms with Crippen molar-refractivity contribution in [1.29, 1.82) is 0 Å². The van der Waals surface area contributed by atoms with Gasteiger partial charge in [0.05, 0.1) is 0 Å². The largest absolute Gasteiger partial charge is 0.446 e. The van der Waals surface area contributed by atoms with Gasteiger partial charge in [-0.3, -0.25) is 4.55 Å². The monoisotopic (exact) mass is 286 g/mol. The highest BCUT2D eigenvalue weighted by atomic mass is 32.3. The van der Waals surface area contributed by atoms with Crippen LogP contribution in [0.25, 0.3) is 0 Å². The van der Waals surface area contributed by atoms with E-state index in [1.165, 1.54) is 0 Å². The summed E-state index contributed by atoms with van der Waals surface area (Å²) in [7, 11) is -4.46. The van der Waals surface area contributed by atoms with Crippen molar-refractivity contribution in [3.63, 3.8) is 0 Å². The molecular weight excluding hydrogens is 264 g/mol. The molecule has 0 saturated heterocycles. The molecular formula is C14H22O4S. The molecule has 0 fully saturated rings. The molecule has 5 heteroatoms. The lowest BCUT2D eigenvalue weighted by Gasteiger charge is -2.13. The summed E-state index contributed by atoms with van der Waals surface area (Å²) in [4.78, 5) is 0. The Morgan fingerprint density at radius 2 is 1.74 bits per heavy atom. The molecule has 108 valence electrons. The highest BCUT2D eigenvalue weighted by molar-refractivity contribution is 7.81. The predicted molar refractivity (Wildman–Crippen MR) is 75.8 cm³/mol. The third kappa shape index (κ3) is 5.61. The lowest BCUT2D eigenvalue weighted by atomic mass is 9.97. The number of aryl methyl sites for hydroxylation is 1. The minimum absolute atomic E-state index is 0.254. The summed E-state index contributed by atoms with van der Waals surface area (Å²) in [5.41, 5.74) is 2.01. The molecule has 1 N–H and O–H groups in total. The Kier molecular flexibility index (Phi) is 6.31. The second-order valence-electron chi connectivity index (χ2n) is 4.61. The van der Waals surface area contributed by atoms with Crippen LogP contribution < -0.4 is 4.18 Å². The second-order valence-corrected chi connectivity index (χ2v) is 5.63. The minimum atomic E-state index is -4.46. The van der Waals surface area contributed by atoms with Crippen LogP contribution in [0.15, 0.2) is 18.2 Å². The quantitative estimate of drug-likeness (QED) is 0.742. The molecule has 1 aromatic rings. The van der Waals surface area contributed by atoms with Gasteiger partial charge in [-0.2, -0.15) is 8.42 Å². The summed E-state index contributed by atoms with van der Waals surface area (Å²) in [6.07, 6.45) is 5.78. The first-order valence-electron chi connectivity index (χ1n) is 6.75. The maximum absolute atomic E-state index is 10.9. The molecule has 19 heavy (non-hydrogen) atoms. The van der Waals surface area contributed by atoms with Crippen LogP contribution in [-0.2, 0) is 23.2 Å². The molecule has 0 spiro atoms. The average molecular weight is 286 g/mol. The smallest absolute Gasteiger partial charge is 0.362 e. The Balaban J connectivity index is 3.06. The lowest BCUT2D eigenvalue weighted by Crippen LogP contribution is -2.09. The first-order chi connectivity index (χ1) is 8.98. The maximum atomic E-state index is 10.9. The molecule has 0 aliphatic heterocycles. The first kappa shape index (κ1) is 16.0. The average Bonchev–Trinajstić information content (AvgIpc) is 2.33. The van der Waals surface area contributed by atoms with E-state index in [2.05, 4.69) is 18.0 Å². The fraction of sp³-hybridized carbons (Fsp3) is 0.571. The summed E-state index contributed by atoms with van der Waals surface area (Å²) in [6.45, 7) is 4.20. The van der Waals surface area contributed by atoms with Crippen LogP contribution in [0.5, 0.6) is 5.75 Å². The molecule has 0 amide bonds. The van der Waals surface area contributed by atoms with Gasteiger partial charge in [-0.25, -0.2) is 0 Å². The molecule has 0 unspecified atom stereocenters. The van der Waals surface area contributed by atoms with Crippen LogP contribution >= 0.6 is 0 Å². The third-order valence-corrected chi connectivity index (χ3v) is 3.40. The molecule has 0 aromatic heterocycles. The summed E-state index contributed by atoms with van der Waals surface area (Å²) in [6, 6.07) is 5.35. The van der Waals surface area contributed by atoms with E-state index < -0.39 is 10.4 Å². The van der Waals surface area contributed by atoms with Crippen LogP contribution in [0.4, 0.5) is 0 Å². The number of benzene rings is 1. The van der Waals surface area contributed by atoms with E-state index in [-0.39, 0.29) is 5.75 Å². The van der Waals surface area contributed by atoms with E-state index in [9.17, 15) is 8.42 Å². The zero-order valence-electron chi connectivity index (χ0n) is 11.6. The maximum Gasteiger partial charge on any atom is 0.446 e. The van der Waals surface area contributed by atoms with Gasteiger partial charge >= 0.3 is 10.4 Å².